The van der Waals surface area contributed by atoms with Crippen molar-refractivity contribution in [2.24, 2.45) is 0 Å². The largest absolute Gasteiger partial charge is 0.274 e. The Morgan fingerprint density at radius 3 is 2.25 bits per heavy atom. The number of sulfonamides is 1. The SMILES string of the molecule is CC(=O)NS(=O)(=O)C1CCCC1. The van der Waals surface area contributed by atoms with Crippen molar-refractivity contribution in [1.82, 2.24) is 4.72 Å². The quantitative estimate of drug-likeness (QED) is 0.687. The van der Waals surface area contributed by atoms with Crippen molar-refractivity contribution in [1.29, 1.82) is 0 Å². The molecule has 0 unspecified atom stereocenters. The highest BCUT2D eigenvalue weighted by molar-refractivity contribution is 7.90. The minimum absolute atomic E-state index is 0.346. The van der Waals surface area contributed by atoms with Crippen LogP contribution in [0.5, 0.6) is 0 Å². The van der Waals surface area contributed by atoms with Crippen LogP contribution in [0.4, 0.5) is 0 Å². The third kappa shape index (κ3) is 2.20. The average molecular weight is 191 g/mol. The molecule has 70 valence electrons. The van der Waals surface area contributed by atoms with Crippen LogP contribution in [0, 0.1) is 0 Å². The summed E-state index contributed by atoms with van der Waals surface area (Å²) in [4.78, 5) is 10.5. The lowest BCUT2D eigenvalue weighted by atomic mass is 10.4. The number of carbonyl (C=O) groups excluding carboxylic acids is 1. The molecule has 1 N–H and O–H groups in total. The van der Waals surface area contributed by atoms with Crippen molar-refractivity contribution in [3.63, 3.8) is 0 Å². The summed E-state index contributed by atoms with van der Waals surface area (Å²) in [6, 6.07) is 0. The summed E-state index contributed by atoms with van der Waals surface area (Å²) in [5.41, 5.74) is 0. The van der Waals surface area contributed by atoms with Crippen LogP contribution < -0.4 is 4.72 Å². The Balaban J connectivity index is 2.64. The van der Waals surface area contributed by atoms with Crippen molar-refractivity contribution < 1.29 is 13.2 Å². The fourth-order valence-electron chi connectivity index (χ4n) is 1.48. The maximum absolute atomic E-state index is 11.3. The lowest BCUT2D eigenvalue weighted by Gasteiger charge is -2.09. The summed E-state index contributed by atoms with van der Waals surface area (Å²) in [7, 11) is -3.36. The van der Waals surface area contributed by atoms with Crippen molar-refractivity contribution in [3.05, 3.63) is 0 Å². The highest BCUT2D eigenvalue weighted by Crippen LogP contribution is 2.23. The van der Waals surface area contributed by atoms with E-state index in [1.165, 1.54) is 6.92 Å². The van der Waals surface area contributed by atoms with E-state index < -0.39 is 15.9 Å². The lowest BCUT2D eigenvalue weighted by Crippen LogP contribution is -2.35. The van der Waals surface area contributed by atoms with Gasteiger partial charge < -0.3 is 0 Å². The van der Waals surface area contributed by atoms with Gasteiger partial charge in [0.1, 0.15) is 0 Å². The molecular formula is C7H13NO3S. The maximum atomic E-state index is 11.3. The molecule has 4 nitrogen and oxygen atoms in total. The molecule has 0 atom stereocenters. The van der Waals surface area contributed by atoms with E-state index >= 15 is 0 Å². The molecule has 1 aliphatic carbocycles. The number of amides is 1. The first-order chi connectivity index (χ1) is 5.52. The Bertz CT molecular complexity index is 264. The van der Waals surface area contributed by atoms with Gasteiger partial charge >= 0.3 is 0 Å². The molecule has 1 aliphatic rings. The zero-order valence-corrected chi connectivity index (χ0v) is 7.86. The van der Waals surface area contributed by atoms with Crippen LogP contribution in [0.1, 0.15) is 32.6 Å². The Hall–Kier alpha value is -0.580. The van der Waals surface area contributed by atoms with Gasteiger partial charge in [0.25, 0.3) is 0 Å². The standard InChI is InChI=1S/C7H13NO3S/c1-6(9)8-12(10,11)7-4-2-3-5-7/h7H,2-5H2,1H3,(H,8,9). The predicted octanol–water partition coefficient (Wildman–Crippen LogP) is 0.395. The zero-order chi connectivity index (χ0) is 9.19. The van der Waals surface area contributed by atoms with Crippen molar-refractivity contribution in [3.8, 4) is 0 Å². The van der Waals surface area contributed by atoms with Crippen LogP contribution >= 0.6 is 0 Å². The van der Waals surface area contributed by atoms with E-state index in [0.29, 0.717) is 12.8 Å². The number of hydrogen-bond donors (Lipinski definition) is 1. The van der Waals surface area contributed by atoms with Crippen LogP contribution in [-0.4, -0.2) is 19.6 Å². The van der Waals surface area contributed by atoms with Gasteiger partial charge in [-0.25, -0.2) is 8.42 Å². The van der Waals surface area contributed by atoms with Gasteiger partial charge in [0.05, 0.1) is 5.25 Å². The Morgan fingerprint density at radius 2 is 1.83 bits per heavy atom. The van der Waals surface area contributed by atoms with Crippen LogP contribution in [0.15, 0.2) is 0 Å². The summed E-state index contributed by atoms with van der Waals surface area (Å²) in [6.45, 7) is 1.21. The molecule has 0 aromatic heterocycles. The molecule has 0 saturated heterocycles. The molecule has 0 spiro atoms. The minimum Gasteiger partial charge on any atom is -0.274 e. The second-order valence-electron chi connectivity index (χ2n) is 3.11. The van der Waals surface area contributed by atoms with E-state index in [9.17, 15) is 13.2 Å². The van der Waals surface area contributed by atoms with Gasteiger partial charge in [0.15, 0.2) is 0 Å². The molecule has 5 heteroatoms. The van der Waals surface area contributed by atoms with Crippen LogP contribution in [0.25, 0.3) is 0 Å². The molecule has 1 saturated carbocycles. The van der Waals surface area contributed by atoms with Gasteiger partial charge in [0, 0.05) is 6.92 Å². The highest BCUT2D eigenvalue weighted by atomic mass is 32.2. The fourth-order valence-corrected chi connectivity index (χ4v) is 3.00. The van der Waals surface area contributed by atoms with Gasteiger partial charge in [0.2, 0.25) is 15.9 Å². The van der Waals surface area contributed by atoms with Crippen LogP contribution in [0.3, 0.4) is 0 Å². The van der Waals surface area contributed by atoms with Crippen molar-refractivity contribution in [2.75, 3.05) is 0 Å². The molecular weight excluding hydrogens is 178 g/mol. The first kappa shape index (κ1) is 9.51. The topological polar surface area (TPSA) is 63.2 Å². The molecule has 0 aromatic carbocycles. The lowest BCUT2D eigenvalue weighted by molar-refractivity contribution is -0.117. The summed E-state index contributed by atoms with van der Waals surface area (Å²) in [6.07, 6.45) is 3.26. The number of nitrogens with one attached hydrogen (secondary N) is 1. The summed E-state index contributed by atoms with van der Waals surface area (Å²) in [5.74, 6) is -0.498. The first-order valence-electron chi connectivity index (χ1n) is 4.04. The second kappa shape index (κ2) is 3.43. The smallest absolute Gasteiger partial charge is 0.237 e. The average Bonchev–Trinajstić information content (AvgIpc) is 2.32. The van der Waals surface area contributed by atoms with E-state index in [0.717, 1.165) is 12.8 Å². The third-order valence-corrected chi connectivity index (χ3v) is 3.95. The number of hydrogen-bond acceptors (Lipinski definition) is 3. The van der Waals surface area contributed by atoms with Crippen LogP contribution in [0.2, 0.25) is 0 Å². The molecule has 0 aromatic rings. The molecule has 0 heterocycles. The maximum Gasteiger partial charge on any atom is 0.237 e. The Kier molecular flexibility index (Phi) is 2.72. The van der Waals surface area contributed by atoms with Crippen molar-refractivity contribution >= 4 is 15.9 Å². The van der Waals surface area contributed by atoms with E-state index in [1.54, 1.807) is 0 Å². The summed E-state index contributed by atoms with van der Waals surface area (Å²) >= 11 is 0. The van der Waals surface area contributed by atoms with E-state index in [1.807, 2.05) is 4.72 Å². The third-order valence-electron chi connectivity index (χ3n) is 2.03. The second-order valence-corrected chi connectivity index (χ2v) is 5.07. The molecule has 0 radical (unpaired) electrons. The predicted molar refractivity (Wildman–Crippen MR) is 45.0 cm³/mol. The molecule has 0 aliphatic heterocycles. The first-order valence-corrected chi connectivity index (χ1v) is 5.59. The minimum atomic E-state index is -3.36. The monoisotopic (exact) mass is 191 g/mol. The summed E-state index contributed by atoms with van der Waals surface area (Å²) < 4.78 is 24.6. The van der Waals surface area contributed by atoms with E-state index in [2.05, 4.69) is 0 Å². The van der Waals surface area contributed by atoms with E-state index in [-0.39, 0.29) is 5.25 Å². The zero-order valence-electron chi connectivity index (χ0n) is 7.04. The van der Waals surface area contributed by atoms with Gasteiger partial charge in [-0.1, -0.05) is 12.8 Å². The molecule has 12 heavy (non-hydrogen) atoms. The fraction of sp³-hybridized carbons (Fsp3) is 0.857. The highest BCUT2D eigenvalue weighted by Gasteiger charge is 2.28. The van der Waals surface area contributed by atoms with Crippen molar-refractivity contribution in [2.45, 2.75) is 37.9 Å². The number of carbonyl (C=O) groups is 1. The van der Waals surface area contributed by atoms with Gasteiger partial charge in [-0.05, 0) is 12.8 Å². The molecule has 1 fully saturated rings. The molecule has 1 rings (SSSR count). The van der Waals surface area contributed by atoms with Gasteiger partial charge in [-0.2, -0.15) is 0 Å². The van der Waals surface area contributed by atoms with Gasteiger partial charge in [-0.15, -0.1) is 0 Å². The Labute approximate surface area is 72.4 Å². The van der Waals surface area contributed by atoms with Gasteiger partial charge in [-0.3, -0.25) is 9.52 Å². The molecule has 1 amide bonds. The molecule has 0 bridgehead atoms. The number of rotatable bonds is 2. The normalized spacial score (nSPS) is 19.4. The van der Waals surface area contributed by atoms with E-state index in [4.69, 9.17) is 0 Å². The summed E-state index contributed by atoms with van der Waals surface area (Å²) in [5, 5.41) is -0.346. The van der Waals surface area contributed by atoms with Crippen LogP contribution in [-0.2, 0) is 14.8 Å². The Morgan fingerprint density at radius 1 is 1.33 bits per heavy atom.